The van der Waals surface area contributed by atoms with Crippen LogP contribution in [0.4, 0.5) is 0 Å². The summed E-state index contributed by atoms with van der Waals surface area (Å²) in [4.78, 5) is 24.8. The molecule has 0 aliphatic heterocycles. The van der Waals surface area contributed by atoms with Crippen LogP contribution in [0.1, 0.15) is 0 Å². The summed E-state index contributed by atoms with van der Waals surface area (Å²) < 4.78 is 0. The predicted octanol–water partition coefficient (Wildman–Crippen LogP) is -0.717. The molecule has 0 radical (unpaired) electrons. The fraction of sp³-hybridized carbons (Fsp3) is 0. The van der Waals surface area contributed by atoms with E-state index in [9.17, 15) is 0 Å². The molecule has 0 aliphatic carbocycles. The van der Waals surface area contributed by atoms with Crippen molar-refractivity contribution in [2.45, 2.75) is 0 Å². The second-order valence-corrected chi connectivity index (χ2v) is 0.671. The maximum Gasteiger partial charge on any atom is 0.0689 e. The van der Waals surface area contributed by atoms with Crippen LogP contribution in [0.15, 0.2) is 0 Å². The van der Waals surface area contributed by atoms with E-state index in [4.69, 9.17) is 46.0 Å². The molecule has 0 atom stereocenters. The second-order valence-electron chi connectivity index (χ2n) is 0.671. The van der Waals surface area contributed by atoms with Crippen LogP contribution in [0.25, 0.3) is 0 Å². The number of hydrogen-bond acceptors (Lipinski definition) is 9. The third kappa shape index (κ3) is 753. The minimum Gasteiger partial charge on any atom is -0.356 e. The topological polar surface area (TPSA) is 199 Å². The van der Waals surface area contributed by atoms with Crippen LogP contribution in [-0.4, -0.2) is 15.3 Å². The number of rotatable bonds is 0. The first-order chi connectivity index (χ1) is 5.20. The van der Waals surface area contributed by atoms with Gasteiger partial charge in [0.05, 0.1) is 15.3 Å². The van der Waals surface area contributed by atoms with Crippen LogP contribution in [0, 0.1) is 85.9 Å². The predicted molar refractivity (Wildman–Crippen MR) is 31.1 cm³/mol. The largest absolute Gasteiger partial charge is 0.356 e. The summed E-state index contributed by atoms with van der Waals surface area (Å²) in [6.45, 7) is 0. The van der Waals surface area contributed by atoms with Gasteiger partial charge in [0.15, 0.2) is 0 Å². The molecule has 0 aromatic heterocycles. The molecule has 76 valence electrons. The van der Waals surface area contributed by atoms with Gasteiger partial charge < -0.3 is 46.0 Å². The first-order valence-electron chi connectivity index (χ1n) is 1.64. The molecule has 0 saturated carbocycles. The molecule has 13 heteroatoms. The maximum absolute atomic E-state index is 8.25. The fourth-order valence-electron chi connectivity index (χ4n) is 0. The van der Waals surface area contributed by atoms with Crippen molar-refractivity contribution in [3.63, 3.8) is 0 Å². The van der Waals surface area contributed by atoms with E-state index >= 15 is 0 Å². The molecule has 0 N–H and O–H groups in total. The van der Waals surface area contributed by atoms with Crippen molar-refractivity contribution in [3.8, 4) is 0 Å². The Hall–Kier alpha value is -1.08. The van der Waals surface area contributed by atoms with Crippen LogP contribution in [-0.2, 0) is 0 Å². The summed E-state index contributed by atoms with van der Waals surface area (Å²) in [6.07, 6.45) is 0. The fourth-order valence-corrected chi connectivity index (χ4v) is 0. The quantitative estimate of drug-likeness (QED) is 0.360. The van der Waals surface area contributed by atoms with Crippen molar-refractivity contribution in [1.82, 2.24) is 0 Å². The van der Waals surface area contributed by atoms with Gasteiger partial charge in [-0.05, 0) is 0 Å². The second kappa shape index (κ2) is 17.1. The molecular weight excluding hydrogens is 418 g/mol. The van der Waals surface area contributed by atoms with Gasteiger partial charge in [-0.3, -0.25) is 0 Å². The van der Waals surface area contributed by atoms with Gasteiger partial charge in [0.1, 0.15) is 0 Å². The van der Waals surface area contributed by atoms with Gasteiger partial charge in [-0.25, -0.2) is 0 Å². The van der Waals surface area contributed by atoms with E-state index in [1.165, 1.54) is 0 Å². The minimum atomic E-state index is -1.75. The number of nitrogens with zero attached hydrogens (tertiary/aromatic N) is 3. The Morgan fingerprint density at radius 2 is 0.538 bits per heavy atom. The van der Waals surface area contributed by atoms with E-state index in [0.717, 1.165) is 0 Å². The van der Waals surface area contributed by atoms with Crippen molar-refractivity contribution >= 4 is 0 Å². The van der Waals surface area contributed by atoms with Gasteiger partial charge in [0.25, 0.3) is 0 Å². The van der Waals surface area contributed by atoms with Crippen LogP contribution in [0.2, 0.25) is 0 Å². The summed E-state index contributed by atoms with van der Waals surface area (Å²) in [6, 6.07) is 0. The molecule has 0 fully saturated rings. The Morgan fingerprint density at radius 3 is 0.538 bits per heavy atom. The van der Waals surface area contributed by atoms with Gasteiger partial charge in [-0.1, -0.05) is 0 Å². The Kier molecular flexibility index (Phi) is 29.9. The molecule has 0 bridgehead atoms. The smallest absolute Gasteiger partial charge is 0.0689 e. The van der Waals surface area contributed by atoms with Crippen molar-refractivity contribution in [1.29, 1.82) is 0 Å². The third-order valence-electron chi connectivity index (χ3n) is 0. The molecule has 0 aromatic carbocycles. The summed E-state index contributed by atoms with van der Waals surface area (Å²) in [5, 5.41) is 44.2. The van der Waals surface area contributed by atoms with Gasteiger partial charge in [-0.15, -0.1) is 0 Å². The molecule has 0 saturated heterocycles. The molecule has 0 unspecified atom stereocenters. The van der Waals surface area contributed by atoms with Gasteiger partial charge >= 0.3 is 0 Å². The molecular formula is N3O9Th-3. The zero-order chi connectivity index (χ0) is 10.7. The summed E-state index contributed by atoms with van der Waals surface area (Å²) in [5.41, 5.74) is 0. The Morgan fingerprint density at radius 1 is 0.538 bits per heavy atom. The summed E-state index contributed by atoms with van der Waals surface area (Å²) >= 11 is 0. The molecule has 0 aromatic rings. The average Bonchev–Trinajstić information content (AvgIpc) is 1.54. The zero-order valence-corrected chi connectivity index (χ0v) is 9.63. The molecule has 0 spiro atoms. The van der Waals surface area contributed by atoms with Crippen LogP contribution in [0.5, 0.6) is 0 Å². The molecule has 0 heterocycles. The van der Waals surface area contributed by atoms with Gasteiger partial charge in [0.2, 0.25) is 0 Å². The van der Waals surface area contributed by atoms with Crippen molar-refractivity contribution in [3.05, 3.63) is 46.0 Å². The first-order valence-corrected chi connectivity index (χ1v) is 1.64. The Balaban J connectivity index is -0.0000000450. The van der Waals surface area contributed by atoms with Crippen molar-refractivity contribution in [2.24, 2.45) is 0 Å². The number of hydrogen-bond donors (Lipinski definition) is 0. The standard InChI is InChI=1S/3NO3.Th/c3*2-1(3)4;/q3*-1;. The van der Waals surface area contributed by atoms with Gasteiger partial charge in [0, 0.05) is 39.9 Å². The van der Waals surface area contributed by atoms with E-state index < -0.39 is 15.3 Å². The van der Waals surface area contributed by atoms with Crippen LogP contribution in [0.3, 0.4) is 0 Å². The van der Waals surface area contributed by atoms with Gasteiger partial charge in [-0.2, -0.15) is 0 Å². The average molecular weight is 418 g/mol. The molecule has 0 amide bonds. The third-order valence-corrected chi connectivity index (χ3v) is 0. The van der Waals surface area contributed by atoms with Crippen molar-refractivity contribution in [2.75, 3.05) is 0 Å². The van der Waals surface area contributed by atoms with Crippen LogP contribution < -0.4 is 0 Å². The molecule has 0 rings (SSSR count). The Labute approximate surface area is 101 Å². The zero-order valence-electron chi connectivity index (χ0n) is 5.52. The van der Waals surface area contributed by atoms with E-state index in [2.05, 4.69) is 0 Å². The first kappa shape index (κ1) is 22.7. The molecule has 12 nitrogen and oxygen atoms in total. The van der Waals surface area contributed by atoms with E-state index in [1.54, 1.807) is 0 Å². The van der Waals surface area contributed by atoms with E-state index in [0.29, 0.717) is 0 Å². The van der Waals surface area contributed by atoms with Crippen molar-refractivity contribution < 1.29 is 55.2 Å². The minimum absolute atomic E-state index is 0. The molecule has 13 heavy (non-hydrogen) atoms. The Bertz CT molecular complexity index is 112. The monoisotopic (exact) mass is 418 g/mol. The summed E-state index contributed by atoms with van der Waals surface area (Å²) in [5.74, 6) is 0. The van der Waals surface area contributed by atoms with Crippen LogP contribution >= 0.6 is 0 Å². The van der Waals surface area contributed by atoms with E-state index in [1.807, 2.05) is 0 Å². The maximum atomic E-state index is 8.25. The molecule has 0 aliphatic rings. The SMILES string of the molecule is O=[N+]([O-])[O-].O=[N+]([O-])[O-].O=[N+]([O-])[O-].[Th]. The summed E-state index contributed by atoms with van der Waals surface area (Å²) in [7, 11) is 0. The van der Waals surface area contributed by atoms with E-state index in [-0.39, 0.29) is 39.9 Å². The normalized spacial score (nSPS) is 5.54.